The molecule has 8 nitrogen and oxygen atoms in total. The van der Waals surface area contributed by atoms with Crippen molar-refractivity contribution < 1.29 is 32.9 Å². The van der Waals surface area contributed by atoms with Crippen molar-refractivity contribution in [2.45, 2.75) is 212 Å². The second-order valence-electron chi connectivity index (χ2n) is 16.4. The number of aliphatic hydroxyl groups excluding tert-OH is 1. The molecule has 0 heterocycles. The zero-order chi connectivity index (χ0) is 39.3. The number of hydrogen-bond donors (Lipinski definition) is 2. The highest BCUT2D eigenvalue weighted by Gasteiger charge is 2.23. The summed E-state index contributed by atoms with van der Waals surface area (Å²) in [6, 6.07) is -0.884. The van der Waals surface area contributed by atoms with Crippen LogP contribution in [-0.4, -0.2) is 68.5 Å². The second-order valence-corrected chi connectivity index (χ2v) is 17.8. The Morgan fingerprint density at radius 3 is 1.49 bits per heavy atom. The minimum Gasteiger partial charge on any atom is -0.756 e. The average Bonchev–Trinajstić information content (AvgIpc) is 3.10. The molecule has 0 bridgehead atoms. The molecule has 0 aromatic carbocycles. The SMILES string of the molecule is CCCCCC/C=C\CCCCCCCCCC(=O)NC(COP(=O)([O-])OCC[N+](C)(C)C)C(O)/C=C/CCCCCCCCCCCCCCCC. The number of phosphoric ester groups is 1. The summed E-state index contributed by atoms with van der Waals surface area (Å²) in [6.07, 6.45) is 42.1. The van der Waals surface area contributed by atoms with Gasteiger partial charge in [-0.3, -0.25) is 9.36 Å². The summed E-state index contributed by atoms with van der Waals surface area (Å²) in [7, 11) is 1.26. The number of quaternary nitrogens is 1. The smallest absolute Gasteiger partial charge is 0.268 e. The summed E-state index contributed by atoms with van der Waals surface area (Å²) < 4.78 is 23.2. The van der Waals surface area contributed by atoms with Gasteiger partial charge in [0.05, 0.1) is 39.9 Å². The maximum absolute atomic E-state index is 12.8. The Kier molecular flexibility index (Phi) is 35.9. The van der Waals surface area contributed by atoms with Gasteiger partial charge in [-0.15, -0.1) is 0 Å². The minimum absolute atomic E-state index is 0.000798. The van der Waals surface area contributed by atoms with Gasteiger partial charge in [-0.1, -0.05) is 173 Å². The van der Waals surface area contributed by atoms with Crippen LogP contribution in [0.1, 0.15) is 200 Å². The van der Waals surface area contributed by atoms with E-state index >= 15 is 0 Å². The Balaban J connectivity index is 4.44. The molecule has 2 N–H and O–H groups in total. The highest BCUT2D eigenvalue weighted by molar-refractivity contribution is 7.45. The Morgan fingerprint density at radius 1 is 0.642 bits per heavy atom. The molecule has 0 saturated heterocycles. The van der Waals surface area contributed by atoms with E-state index in [1.54, 1.807) is 6.08 Å². The van der Waals surface area contributed by atoms with Crippen LogP contribution in [0.4, 0.5) is 0 Å². The zero-order valence-electron chi connectivity index (χ0n) is 35.5. The van der Waals surface area contributed by atoms with Gasteiger partial charge in [0.25, 0.3) is 7.82 Å². The predicted octanol–water partition coefficient (Wildman–Crippen LogP) is 11.5. The molecule has 3 unspecified atom stereocenters. The summed E-state index contributed by atoms with van der Waals surface area (Å²) in [5, 5.41) is 13.8. The van der Waals surface area contributed by atoms with E-state index in [1.165, 1.54) is 141 Å². The molecule has 0 saturated carbocycles. The number of hydrogen-bond acceptors (Lipinski definition) is 6. The summed E-state index contributed by atoms with van der Waals surface area (Å²) >= 11 is 0. The molecular weight excluding hydrogens is 683 g/mol. The first-order valence-electron chi connectivity index (χ1n) is 22.2. The molecule has 0 aliphatic carbocycles. The fourth-order valence-electron chi connectivity index (χ4n) is 6.32. The van der Waals surface area contributed by atoms with Crippen molar-refractivity contribution in [1.29, 1.82) is 0 Å². The number of aliphatic hydroxyl groups is 1. The average molecular weight is 771 g/mol. The molecule has 0 fully saturated rings. The normalized spacial score (nSPS) is 14.6. The molecule has 9 heteroatoms. The van der Waals surface area contributed by atoms with Crippen molar-refractivity contribution in [2.75, 3.05) is 40.9 Å². The van der Waals surface area contributed by atoms with Gasteiger partial charge in [-0.2, -0.15) is 0 Å². The summed E-state index contributed by atoms with van der Waals surface area (Å²) in [5.74, 6) is -0.203. The fourth-order valence-corrected chi connectivity index (χ4v) is 7.05. The van der Waals surface area contributed by atoms with Crippen LogP contribution in [0.15, 0.2) is 24.3 Å². The number of rotatable bonds is 40. The first kappa shape index (κ1) is 52.0. The molecule has 0 aliphatic rings. The van der Waals surface area contributed by atoms with E-state index in [4.69, 9.17) is 9.05 Å². The Bertz CT molecular complexity index is 922. The fraction of sp³-hybridized carbons (Fsp3) is 0.886. The van der Waals surface area contributed by atoms with E-state index in [0.29, 0.717) is 17.4 Å². The Labute approximate surface area is 328 Å². The Hall–Kier alpha value is -1.02. The number of phosphoric acid groups is 1. The summed E-state index contributed by atoms with van der Waals surface area (Å²) in [4.78, 5) is 25.3. The van der Waals surface area contributed by atoms with Crippen molar-refractivity contribution >= 4 is 13.7 Å². The van der Waals surface area contributed by atoms with Gasteiger partial charge < -0.3 is 28.8 Å². The first-order chi connectivity index (χ1) is 25.5. The molecule has 3 atom stereocenters. The lowest BCUT2D eigenvalue weighted by Gasteiger charge is -2.29. The highest BCUT2D eigenvalue weighted by Crippen LogP contribution is 2.38. The number of likely N-dealkylation sites (N-methyl/N-ethyl adjacent to an activating group) is 1. The number of allylic oxidation sites excluding steroid dienone is 3. The van der Waals surface area contributed by atoms with Crippen LogP contribution in [0.3, 0.4) is 0 Å². The van der Waals surface area contributed by atoms with E-state index in [0.717, 1.165) is 38.5 Å². The van der Waals surface area contributed by atoms with Crippen molar-refractivity contribution in [2.24, 2.45) is 0 Å². The summed E-state index contributed by atoms with van der Waals surface area (Å²) in [6.45, 7) is 4.63. The van der Waals surface area contributed by atoms with Gasteiger partial charge in [-0.05, 0) is 44.9 Å². The number of nitrogens with zero attached hydrogens (tertiary/aromatic N) is 1. The molecule has 0 spiro atoms. The maximum atomic E-state index is 12.8. The Morgan fingerprint density at radius 2 is 1.04 bits per heavy atom. The second kappa shape index (κ2) is 36.6. The third-order valence-corrected chi connectivity index (χ3v) is 10.9. The highest BCUT2D eigenvalue weighted by atomic mass is 31.2. The zero-order valence-corrected chi connectivity index (χ0v) is 36.4. The largest absolute Gasteiger partial charge is 0.756 e. The third kappa shape index (κ3) is 39.0. The first-order valence-corrected chi connectivity index (χ1v) is 23.7. The van der Waals surface area contributed by atoms with E-state index in [2.05, 4.69) is 31.3 Å². The van der Waals surface area contributed by atoms with Crippen molar-refractivity contribution in [1.82, 2.24) is 5.32 Å². The minimum atomic E-state index is -4.58. The van der Waals surface area contributed by atoms with Crippen molar-refractivity contribution in [3.8, 4) is 0 Å². The van der Waals surface area contributed by atoms with Crippen LogP contribution >= 0.6 is 7.82 Å². The van der Waals surface area contributed by atoms with Crippen LogP contribution in [0.2, 0.25) is 0 Å². The molecule has 0 aromatic heterocycles. The van der Waals surface area contributed by atoms with E-state index in [1.807, 2.05) is 27.2 Å². The molecule has 0 aromatic rings. The lowest BCUT2D eigenvalue weighted by atomic mass is 10.0. The number of unbranched alkanes of at least 4 members (excludes halogenated alkanes) is 25. The molecule has 0 aliphatic heterocycles. The molecular formula is C44H87N2O6P. The van der Waals surface area contributed by atoms with Crippen molar-refractivity contribution in [3.63, 3.8) is 0 Å². The van der Waals surface area contributed by atoms with Gasteiger partial charge in [-0.25, -0.2) is 0 Å². The molecule has 1 amide bonds. The van der Waals surface area contributed by atoms with E-state index < -0.39 is 20.0 Å². The van der Waals surface area contributed by atoms with Crippen molar-refractivity contribution in [3.05, 3.63) is 24.3 Å². The van der Waals surface area contributed by atoms with Crippen LogP contribution < -0.4 is 10.2 Å². The number of carbonyl (C=O) groups excluding carboxylic acids is 1. The predicted molar refractivity (Wildman–Crippen MR) is 224 cm³/mol. The lowest BCUT2D eigenvalue weighted by Crippen LogP contribution is -2.45. The van der Waals surface area contributed by atoms with Gasteiger partial charge in [0.15, 0.2) is 0 Å². The topological polar surface area (TPSA) is 108 Å². The lowest BCUT2D eigenvalue weighted by molar-refractivity contribution is -0.870. The van der Waals surface area contributed by atoms with Gasteiger partial charge in [0.1, 0.15) is 13.2 Å². The van der Waals surface area contributed by atoms with Gasteiger partial charge >= 0.3 is 0 Å². The quantitative estimate of drug-likeness (QED) is 0.0278. The van der Waals surface area contributed by atoms with Gasteiger partial charge in [0, 0.05) is 6.42 Å². The number of amides is 1. The summed E-state index contributed by atoms with van der Waals surface area (Å²) in [5.41, 5.74) is 0. The van der Waals surface area contributed by atoms with Gasteiger partial charge in [0.2, 0.25) is 5.91 Å². The van der Waals surface area contributed by atoms with Crippen LogP contribution in [0.25, 0.3) is 0 Å². The number of carbonyl (C=O) groups is 1. The molecule has 53 heavy (non-hydrogen) atoms. The van der Waals surface area contributed by atoms with Crippen LogP contribution in [0, 0.1) is 0 Å². The standard InChI is InChI=1S/C44H87N2O6P/c1-6-8-10-12-14-16-18-20-22-24-25-27-29-31-33-35-37-43(47)42(41-52-53(49,50)51-40-39-46(3,4)5)45-44(48)38-36-34-32-30-28-26-23-21-19-17-15-13-11-9-7-2/h17,19,35,37,42-43,47H,6-16,18,20-34,36,38-41H2,1-5H3,(H-,45,48,49,50)/b19-17-,37-35+. The van der Waals surface area contributed by atoms with Crippen LogP contribution in [-0.2, 0) is 18.4 Å². The maximum Gasteiger partial charge on any atom is 0.268 e. The molecule has 0 radical (unpaired) electrons. The van der Waals surface area contributed by atoms with E-state index in [9.17, 15) is 19.4 Å². The number of nitrogens with one attached hydrogen (secondary N) is 1. The molecule has 0 rings (SSSR count). The van der Waals surface area contributed by atoms with E-state index in [-0.39, 0.29) is 19.1 Å². The van der Waals surface area contributed by atoms with Crippen LogP contribution in [0.5, 0.6) is 0 Å². The monoisotopic (exact) mass is 771 g/mol. The third-order valence-electron chi connectivity index (χ3n) is 9.91. The molecule has 314 valence electrons.